The largest absolute Gasteiger partial charge is 0.370 e. The molecule has 0 aliphatic heterocycles. The molecule has 18 heavy (non-hydrogen) atoms. The molecule has 0 radical (unpaired) electrons. The predicted molar refractivity (Wildman–Crippen MR) is 80.6 cm³/mol. The van der Waals surface area contributed by atoms with Crippen molar-refractivity contribution in [2.75, 3.05) is 11.9 Å². The molecule has 0 unspecified atom stereocenters. The summed E-state index contributed by atoms with van der Waals surface area (Å²) >= 11 is 3.45. The van der Waals surface area contributed by atoms with Crippen LogP contribution in [0.4, 0.5) is 5.69 Å². The van der Waals surface area contributed by atoms with E-state index in [1.807, 2.05) is 0 Å². The highest BCUT2D eigenvalue weighted by Crippen LogP contribution is 2.17. The van der Waals surface area contributed by atoms with Gasteiger partial charge >= 0.3 is 0 Å². The number of hydrogen-bond donors (Lipinski definition) is 1. The molecule has 0 aliphatic rings. The Morgan fingerprint density at radius 3 is 2.06 bits per heavy atom. The quantitative estimate of drug-likeness (QED) is 0.936. The molecule has 0 aromatic heterocycles. The molecule has 0 aliphatic carbocycles. The molecule has 0 fully saturated rings. The molecule has 2 rings (SSSR count). The number of rotatable bonds is 4. The molecular weight excluding hydrogens is 288 g/mol. The molecule has 2 nitrogen and oxygen atoms in total. The maximum atomic E-state index is 5.60. The Balaban J connectivity index is 2.06. The van der Waals surface area contributed by atoms with Gasteiger partial charge in [-0.1, -0.05) is 40.2 Å². The van der Waals surface area contributed by atoms with Gasteiger partial charge in [0.2, 0.25) is 0 Å². The standard InChI is InChI=1S/C15H17BrN2/c1-18(11-13-2-6-14(16)7-3-13)15-8-4-12(10-17)5-9-15/h2-9H,10-11,17H2,1H3. The number of benzene rings is 2. The third-order valence-electron chi connectivity index (χ3n) is 2.95. The van der Waals surface area contributed by atoms with Crippen LogP contribution in [0.1, 0.15) is 11.1 Å². The number of anilines is 1. The van der Waals surface area contributed by atoms with Gasteiger partial charge in [-0.05, 0) is 35.4 Å². The van der Waals surface area contributed by atoms with Crippen LogP contribution in [0, 0.1) is 0 Å². The van der Waals surface area contributed by atoms with E-state index in [0.29, 0.717) is 6.54 Å². The maximum absolute atomic E-state index is 5.60. The normalized spacial score (nSPS) is 10.4. The van der Waals surface area contributed by atoms with Gasteiger partial charge in [0.25, 0.3) is 0 Å². The number of nitrogens with two attached hydrogens (primary N) is 1. The average Bonchev–Trinajstić information content (AvgIpc) is 2.41. The van der Waals surface area contributed by atoms with Crippen molar-refractivity contribution in [3.63, 3.8) is 0 Å². The Labute approximate surface area is 117 Å². The molecule has 0 heterocycles. The summed E-state index contributed by atoms with van der Waals surface area (Å²) in [5.74, 6) is 0. The second-order valence-electron chi connectivity index (χ2n) is 4.35. The fraction of sp³-hybridized carbons (Fsp3) is 0.200. The Kier molecular flexibility index (Phi) is 4.39. The van der Waals surface area contributed by atoms with Gasteiger partial charge in [0.15, 0.2) is 0 Å². The SMILES string of the molecule is CN(Cc1ccc(Br)cc1)c1ccc(CN)cc1. The van der Waals surface area contributed by atoms with Crippen LogP contribution in [0.25, 0.3) is 0 Å². The topological polar surface area (TPSA) is 29.3 Å². The fourth-order valence-corrected chi connectivity index (χ4v) is 2.11. The minimum Gasteiger partial charge on any atom is -0.370 e. The van der Waals surface area contributed by atoms with Crippen molar-refractivity contribution >= 4 is 21.6 Å². The number of halogens is 1. The van der Waals surface area contributed by atoms with Crippen molar-refractivity contribution in [2.45, 2.75) is 13.1 Å². The molecule has 2 N–H and O–H groups in total. The van der Waals surface area contributed by atoms with Crippen LogP contribution in [0.15, 0.2) is 53.0 Å². The summed E-state index contributed by atoms with van der Waals surface area (Å²) in [6.07, 6.45) is 0. The predicted octanol–water partition coefficient (Wildman–Crippen LogP) is 3.54. The van der Waals surface area contributed by atoms with E-state index >= 15 is 0 Å². The zero-order valence-corrected chi connectivity index (χ0v) is 12.0. The first-order valence-corrected chi connectivity index (χ1v) is 6.73. The van der Waals surface area contributed by atoms with E-state index in [1.54, 1.807) is 0 Å². The summed E-state index contributed by atoms with van der Waals surface area (Å²) in [6.45, 7) is 1.49. The van der Waals surface area contributed by atoms with Gasteiger partial charge in [0.05, 0.1) is 0 Å². The summed E-state index contributed by atoms with van der Waals surface area (Å²) in [7, 11) is 2.10. The fourth-order valence-electron chi connectivity index (χ4n) is 1.84. The lowest BCUT2D eigenvalue weighted by atomic mass is 10.1. The van der Waals surface area contributed by atoms with Crippen molar-refractivity contribution in [3.8, 4) is 0 Å². The first-order chi connectivity index (χ1) is 8.69. The molecule has 0 saturated carbocycles. The highest BCUT2D eigenvalue weighted by molar-refractivity contribution is 9.10. The van der Waals surface area contributed by atoms with Crippen LogP contribution in [-0.4, -0.2) is 7.05 Å². The Morgan fingerprint density at radius 2 is 1.50 bits per heavy atom. The number of nitrogens with zero attached hydrogens (tertiary/aromatic N) is 1. The van der Waals surface area contributed by atoms with Crippen molar-refractivity contribution in [1.29, 1.82) is 0 Å². The minimum atomic E-state index is 0.594. The van der Waals surface area contributed by atoms with Crippen LogP contribution >= 0.6 is 15.9 Å². The zero-order valence-electron chi connectivity index (χ0n) is 10.4. The molecular formula is C15H17BrN2. The first-order valence-electron chi connectivity index (χ1n) is 5.93. The van der Waals surface area contributed by atoms with E-state index in [-0.39, 0.29) is 0 Å². The highest BCUT2D eigenvalue weighted by Gasteiger charge is 2.02. The lowest BCUT2D eigenvalue weighted by molar-refractivity contribution is 0.921. The maximum Gasteiger partial charge on any atom is 0.0426 e. The van der Waals surface area contributed by atoms with Crippen LogP contribution in [0.5, 0.6) is 0 Å². The van der Waals surface area contributed by atoms with Gasteiger partial charge in [-0.25, -0.2) is 0 Å². The van der Waals surface area contributed by atoms with Crippen LogP contribution in [0.3, 0.4) is 0 Å². The molecule has 0 saturated heterocycles. The van der Waals surface area contributed by atoms with Crippen LogP contribution in [0.2, 0.25) is 0 Å². The molecule has 0 bridgehead atoms. The van der Waals surface area contributed by atoms with Gasteiger partial charge in [0.1, 0.15) is 0 Å². The highest BCUT2D eigenvalue weighted by atomic mass is 79.9. The molecule has 2 aromatic carbocycles. The molecule has 0 atom stereocenters. The van der Waals surface area contributed by atoms with Crippen molar-refractivity contribution in [1.82, 2.24) is 0 Å². The van der Waals surface area contributed by atoms with Gasteiger partial charge < -0.3 is 10.6 Å². The van der Waals surface area contributed by atoms with E-state index in [9.17, 15) is 0 Å². The summed E-state index contributed by atoms with van der Waals surface area (Å²) in [4.78, 5) is 2.23. The molecule has 2 aromatic rings. The molecule has 0 amide bonds. The summed E-state index contributed by atoms with van der Waals surface area (Å²) in [5.41, 5.74) is 9.26. The van der Waals surface area contributed by atoms with E-state index in [4.69, 9.17) is 5.73 Å². The third-order valence-corrected chi connectivity index (χ3v) is 3.47. The summed E-state index contributed by atoms with van der Waals surface area (Å²) in [5, 5.41) is 0. The Morgan fingerprint density at radius 1 is 0.944 bits per heavy atom. The van der Waals surface area contributed by atoms with Gasteiger partial charge in [-0.3, -0.25) is 0 Å². The average molecular weight is 305 g/mol. The molecule has 94 valence electrons. The first kappa shape index (κ1) is 13.1. The Bertz CT molecular complexity index is 491. The zero-order chi connectivity index (χ0) is 13.0. The van der Waals surface area contributed by atoms with Gasteiger partial charge in [-0.2, -0.15) is 0 Å². The van der Waals surface area contributed by atoms with Gasteiger partial charge in [0, 0.05) is 30.3 Å². The lowest BCUT2D eigenvalue weighted by Crippen LogP contribution is -2.16. The number of hydrogen-bond acceptors (Lipinski definition) is 2. The third kappa shape index (κ3) is 3.34. The van der Waals surface area contributed by atoms with Gasteiger partial charge in [-0.15, -0.1) is 0 Å². The van der Waals surface area contributed by atoms with E-state index in [2.05, 4.69) is 76.4 Å². The second kappa shape index (κ2) is 6.03. The smallest absolute Gasteiger partial charge is 0.0426 e. The van der Waals surface area contributed by atoms with Crippen LogP contribution < -0.4 is 10.6 Å². The van der Waals surface area contributed by atoms with Crippen molar-refractivity contribution in [3.05, 3.63) is 64.1 Å². The van der Waals surface area contributed by atoms with Crippen molar-refractivity contribution in [2.24, 2.45) is 5.73 Å². The Hall–Kier alpha value is -1.32. The van der Waals surface area contributed by atoms with E-state index in [1.165, 1.54) is 11.3 Å². The molecule has 0 spiro atoms. The van der Waals surface area contributed by atoms with Crippen LogP contribution in [-0.2, 0) is 13.1 Å². The van der Waals surface area contributed by atoms with Crippen molar-refractivity contribution < 1.29 is 0 Å². The lowest BCUT2D eigenvalue weighted by Gasteiger charge is -2.19. The van der Waals surface area contributed by atoms with E-state index < -0.39 is 0 Å². The summed E-state index contributed by atoms with van der Waals surface area (Å²) < 4.78 is 1.11. The molecule has 3 heteroatoms. The second-order valence-corrected chi connectivity index (χ2v) is 5.27. The monoisotopic (exact) mass is 304 g/mol. The van der Waals surface area contributed by atoms with E-state index in [0.717, 1.165) is 16.6 Å². The minimum absolute atomic E-state index is 0.594. The summed E-state index contributed by atoms with van der Waals surface area (Å²) in [6, 6.07) is 16.8.